The molecule has 0 spiro atoms. The summed E-state index contributed by atoms with van der Waals surface area (Å²) in [6.45, 7) is 0. The summed E-state index contributed by atoms with van der Waals surface area (Å²) in [5, 5.41) is 4.68. The van der Waals surface area contributed by atoms with Gasteiger partial charge in [-0.25, -0.2) is 15.0 Å². The fraction of sp³-hybridized carbons (Fsp3) is 0. The highest BCUT2D eigenvalue weighted by molar-refractivity contribution is 6.11. The molecule has 4 nitrogen and oxygen atoms in total. The maximum Gasteiger partial charge on any atom is 0.164 e. The van der Waals surface area contributed by atoms with E-state index in [9.17, 15) is 0 Å². The fourth-order valence-corrected chi connectivity index (χ4v) is 7.49. The summed E-state index contributed by atoms with van der Waals surface area (Å²) < 4.78 is 2.38. The highest BCUT2D eigenvalue weighted by Gasteiger charge is 2.18. The first-order chi connectivity index (χ1) is 26.3. The molecular formula is C49H32N4. The molecule has 0 N–H and O–H groups in total. The van der Waals surface area contributed by atoms with Crippen molar-refractivity contribution in [1.29, 1.82) is 0 Å². The van der Waals surface area contributed by atoms with Gasteiger partial charge in [0.15, 0.2) is 17.5 Å². The first-order valence-corrected chi connectivity index (χ1v) is 17.9. The van der Waals surface area contributed by atoms with Crippen molar-refractivity contribution in [2.24, 2.45) is 0 Å². The number of hydrogen-bond donors (Lipinski definition) is 0. The molecular weight excluding hydrogens is 645 g/mol. The number of aromatic nitrogens is 4. The highest BCUT2D eigenvalue weighted by Crippen LogP contribution is 2.38. The summed E-state index contributed by atoms with van der Waals surface area (Å²) in [5.41, 5.74) is 11.0. The molecule has 0 aliphatic carbocycles. The van der Waals surface area contributed by atoms with Gasteiger partial charge in [-0.1, -0.05) is 170 Å². The molecule has 2 aromatic heterocycles. The third kappa shape index (κ3) is 5.45. The van der Waals surface area contributed by atoms with Gasteiger partial charge in [0.05, 0.1) is 16.7 Å². The Morgan fingerprint density at radius 2 is 0.642 bits per heavy atom. The van der Waals surface area contributed by atoms with E-state index in [0.717, 1.165) is 44.3 Å². The molecule has 4 heteroatoms. The average Bonchev–Trinajstić information content (AvgIpc) is 3.58. The van der Waals surface area contributed by atoms with Crippen LogP contribution in [0.1, 0.15) is 0 Å². The Hall–Kier alpha value is -7.17. The molecule has 0 saturated heterocycles. The van der Waals surface area contributed by atoms with Gasteiger partial charge in [-0.2, -0.15) is 0 Å². The Bertz CT molecular complexity index is 2860. The van der Waals surface area contributed by atoms with Gasteiger partial charge in [0, 0.05) is 32.8 Å². The molecule has 0 amide bonds. The van der Waals surface area contributed by atoms with Crippen LogP contribution in [0, 0.1) is 0 Å². The first kappa shape index (κ1) is 30.6. The molecule has 10 rings (SSSR count). The van der Waals surface area contributed by atoms with Crippen LogP contribution in [-0.4, -0.2) is 19.5 Å². The van der Waals surface area contributed by atoms with Gasteiger partial charge in [0.25, 0.3) is 0 Å². The van der Waals surface area contributed by atoms with Crippen molar-refractivity contribution in [3.8, 4) is 62.1 Å². The fourth-order valence-electron chi connectivity index (χ4n) is 7.49. The summed E-state index contributed by atoms with van der Waals surface area (Å²) in [6.07, 6.45) is 0. The quantitative estimate of drug-likeness (QED) is 0.176. The molecule has 10 aromatic rings. The summed E-state index contributed by atoms with van der Waals surface area (Å²) >= 11 is 0. The third-order valence-electron chi connectivity index (χ3n) is 10.1. The van der Waals surface area contributed by atoms with Crippen molar-refractivity contribution in [1.82, 2.24) is 19.5 Å². The number of fused-ring (bicyclic) bond motifs is 4. The standard InChI is InChI=1S/C49H32N4/c1-3-13-33(14-4-1)34-23-25-35(26-24-34)36-27-29-38(30-28-36)48-50-47(37-15-5-2-6-16-37)51-49(52-48)43-31-32-46(40-18-8-7-17-39(40)43)53-44-21-11-9-19-41(44)42-20-10-12-22-45(42)53/h1-32H. The van der Waals surface area contributed by atoms with E-state index < -0.39 is 0 Å². The molecule has 53 heavy (non-hydrogen) atoms. The van der Waals surface area contributed by atoms with Crippen molar-refractivity contribution in [3.63, 3.8) is 0 Å². The van der Waals surface area contributed by atoms with E-state index in [0.29, 0.717) is 17.5 Å². The molecule has 0 fully saturated rings. The second-order valence-corrected chi connectivity index (χ2v) is 13.2. The van der Waals surface area contributed by atoms with Crippen molar-refractivity contribution in [3.05, 3.63) is 194 Å². The lowest BCUT2D eigenvalue weighted by atomic mass is 9.99. The molecule has 8 aromatic carbocycles. The minimum atomic E-state index is 0.635. The zero-order valence-corrected chi connectivity index (χ0v) is 28.8. The van der Waals surface area contributed by atoms with Gasteiger partial charge in [-0.05, 0) is 51.9 Å². The van der Waals surface area contributed by atoms with Crippen LogP contribution in [-0.2, 0) is 0 Å². The summed E-state index contributed by atoms with van der Waals surface area (Å²) in [4.78, 5) is 15.3. The highest BCUT2D eigenvalue weighted by atomic mass is 15.0. The average molecular weight is 677 g/mol. The van der Waals surface area contributed by atoms with Crippen LogP contribution in [0.5, 0.6) is 0 Å². The molecule has 248 valence electrons. The maximum atomic E-state index is 5.16. The van der Waals surface area contributed by atoms with E-state index >= 15 is 0 Å². The van der Waals surface area contributed by atoms with E-state index in [2.05, 4.69) is 174 Å². The Balaban J connectivity index is 1.09. The van der Waals surface area contributed by atoms with Crippen molar-refractivity contribution < 1.29 is 0 Å². The van der Waals surface area contributed by atoms with Gasteiger partial charge in [-0.3, -0.25) is 0 Å². The monoisotopic (exact) mass is 676 g/mol. The molecule has 2 heterocycles. The zero-order valence-electron chi connectivity index (χ0n) is 28.8. The number of benzene rings is 8. The van der Waals surface area contributed by atoms with Crippen LogP contribution in [0.3, 0.4) is 0 Å². The molecule has 0 unspecified atom stereocenters. The largest absolute Gasteiger partial charge is 0.309 e. The van der Waals surface area contributed by atoms with Gasteiger partial charge >= 0.3 is 0 Å². The van der Waals surface area contributed by atoms with Gasteiger partial charge < -0.3 is 4.57 Å². The lowest BCUT2D eigenvalue weighted by Gasteiger charge is -2.15. The number of nitrogens with zero attached hydrogens (tertiary/aromatic N) is 4. The van der Waals surface area contributed by atoms with Crippen LogP contribution < -0.4 is 0 Å². The Kier molecular flexibility index (Phi) is 7.43. The van der Waals surface area contributed by atoms with Crippen LogP contribution in [0.2, 0.25) is 0 Å². The predicted octanol–water partition coefficient (Wildman–Crippen LogP) is 12.5. The van der Waals surface area contributed by atoms with Crippen molar-refractivity contribution in [2.75, 3.05) is 0 Å². The maximum absolute atomic E-state index is 5.16. The zero-order chi connectivity index (χ0) is 35.1. The Morgan fingerprint density at radius 1 is 0.264 bits per heavy atom. The van der Waals surface area contributed by atoms with Crippen LogP contribution in [0.25, 0.3) is 94.7 Å². The first-order valence-electron chi connectivity index (χ1n) is 17.9. The van der Waals surface area contributed by atoms with Crippen molar-refractivity contribution >= 4 is 32.6 Å². The molecule has 0 saturated carbocycles. The van der Waals surface area contributed by atoms with Gasteiger partial charge in [0.1, 0.15) is 0 Å². The summed E-state index contributed by atoms with van der Waals surface area (Å²) in [7, 11) is 0. The van der Waals surface area contributed by atoms with Crippen LogP contribution in [0.15, 0.2) is 194 Å². The Morgan fingerprint density at radius 3 is 1.19 bits per heavy atom. The normalized spacial score (nSPS) is 11.4. The number of hydrogen-bond acceptors (Lipinski definition) is 3. The molecule has 0 bridgehead atoms. The summed E-state index contributed by atoms with van der Waals surface area (Å²) in [5.74, 6) is 1.91. The lowest BCUT2D eigenvalue weighted by molar-refractivity contribution is 1.08. The second kappa shape index (κ2) is 12.9. The van der Waals surface area contributed by atoms with E-state index in [1.165, 1.54) is 32.9 Å². The lowest BCUT2D eigenvalue weighted by Crippen LogP contribution is -2.01. The topological polar surface area (TPSA) is 43.6 Å². The van der Waals surface area contributed by atoms with Crippen LogP contribution >= 0.6 is 0 Å². The minimum absolute atomic E-state index is 0.635. The van der Waals surface area contributed by atoms with Gasteiger partial charge in [0.2, 0.25) is 0 Å². The second-order valence-electron chi connectivity index (χ2n) is 13.2. The van der Waals surface area contributed by atoms with E-state index in [1.807, 2.05) is 24.3 Å². The smallest absolute Gasteiger partial charge is 0.164 e. The van der Waals surface area contributed by atoms with Crippen LogP contribution in [0.4, 0.5) is 0 Å². The van der Waals surface area contributed by atoms with E-state index in [4.69, 9.17) is 15.0 Å². The Labute approximate surface area is 307 Å². The third-order valence-corrected chi connectivity index (χ3v) is 10.1. The molecule has 0 radical (unpaired) electrons. The molecule has 0 atom stereocenters. The number of rotatable bonds is 6. The molecule has 0 aliphatic heterocycles. The van der Waals surface area contributed by atoms with E-state index in [-0.39, 0.29) is 0 Å². The van der Waals surface area contributed by atoms with Crippen molar-refractivity contribution in [2.45, 2.75) is 0 Å². The number of para-hydroxylation sites is 2. The predicted molar refractivity (Wildman–Crippen MR) is 219 cm³/mol. The van der Waals surface area contributed by atoms with Gasteiger partial charge in [-0.15, -0.1) is 0 Å². The summed E-state index contributed by atoms with van der Waals surface area (Å²) in [6, 6.07) is 68.0. The molecule has 0 aliphatic rings. The van der Waals surface area contributed by atoms with E-state index in [1.54, 1.807) is 0 Å². The minimum Gasteiger partial charge on any atom is -0.309 e. The SMILES string of the molecule is c1ccc(-c2ccc(-c3ccc(-c4nc(-c5ccccc5)nc(-c5ccc(-n6c7ccccc7c7ccccc76)c6ccccc56)n4)cc3)cc2)cc1.